The van der Waals surface area contributed by atoms with E-state index in [0.29, 0.717) is 29.5 Å². The van der Waals surface area contributed by atoms with Gasteiger partial charge in [-0.3, -0.25) is 9.59 Å². The van der Waals surface area contributed by atoms with E-state index in [9.17, 15) is 27.9 Å². The summed E-state index contributed by atoms with van der Waals surface area (Å²) >= 11 is 5.69. The minimum atomic E-state index is -0.933. The summed E-state index contributed by atoms with van der Waals surface area (Å²) in [6.45, 7) is 15.6. The topological polar surface area (TPSA) is 131 Å². The van der Waals surface area contributed by atoms with Crippen molar-refractivity contribution in [2.75, 3.05) is 6.61 Å². The van der Waals surface area contributed by atoms with Crippen molar-refractivity contribution in [3.05, 3.63) is 70.4 Å². The van der Waals surface area contributed by atoms with E-state index in [0.717, 1.165) is 18.0 Å². The Morgan fingerprint density at radius 1 is 0.902 bits per heavy atom. The first-order valence-corrected chi connectivity index (χ1v) is 16.3. The van der Waals surface area contributed by atoms with Gasteiger partial charge in [0.2, 0.25) is 5.28 Å². The zero-order chi connectivity index (χ0) is 38.0. The van der Waals surface area contributed by atoms with Gasteiger partial charge in [-0.2, -0.15) is 0 Å². The number of aliphatic carboxylic acids is 1. The number of carbonyl (C=O) groups is 2. The van der Waals surface area contributed by atoms with Gasteiger partial charge < -0.3 is 14.8 Å². The summed E-state index contributed by atoms with van der Waals surface area (Å²) in [6.07, 6.45) is 12.4. The molecule has 0 spiro atoms. The second kappa shape index (κ2) is 19.2. The molecule has 0 fully saturated rings. The number of carbonyl (C=O) groups excluding carboxylic acids is 1. The summed E-state index contributed by atoms with van der Waals surface area (Å²) in [5.74, 6) is -2.80. The molecule has 13 heteroatoms. The van der Waals surface area contributed by atoms with Crippen molar-refractivity contribution in [2.45, 2.75) is 88.5 Å². The standard InChI is InChI=1S/C21H23F2N3O2.C14H20ClFN2O2.C2H2.CH4/c1-11-5-13-14(9-24-19(13)15(22)6-11)20-25-10-16(23)17(26-20)7-12(8-18(27)28)21(2,3)4;1-5-20-12(19)7-9(14(2,3)4)6-11-10(16)8-17-13(15)18-11;1-2;/h5-6,9-10,12,24H,7-8H2,1-4H3,(H,27,28);8-9H,5-7H2,1-4H3;1-2H;1H4. The first-order valence-electron chi connectivity index (χ1n) is 16.0. The van der Waals surface area contributed by atoms with Crippen LogP contribution in [-0.4, -0.2) is 48.6 Å². The van der Waals surface area contributed by atoms with Crippen LogP contribution in [0.1, 0.15) is 85.7 Å². The number of H-pyrrole nitrogens is 1. The zero-order valence-electron chi connectivity index (χ0n) is 29.7. The van der Waals surface area contributed by atoms with Crippen LogP contribution >= 0.6 is 11.6 Å². The average molecular weight is 732 g/mol. The Kier molecular flexibility index (Phi) is 16.8. The molecule has 2 unspecified atom stereocenters. The smallest absolute Gasteiger partial charge is 0.306 e. The predicted molar refractivity (Wildman–Crippen MR) is 194 cm³/mol. The van der Waals surface area contributed by atoms with Gasteiger partial charge in [-0.15, -0.1) is 12.8 Å². The monoisotopic (exact) mass is 731 g/mol. The molecule has 0 aliphatic rings. The second-order valence-corrected chi connectivity index (χ2v) is 14.3. The minimum Gasteiger partial charge on any atom is -0.481 e. The summed E-state index contributed by atoms with van der Waals surface area (Å²) in [6, 6.07) is 3.25. The number of hydrogen-bond donors (Lipinski definition) is 2. The molecule has 4 aromatic rings. The number of nitrogens with one attached hydrogen (secondary N) is 1. The second-order valence-electron chi connectivity index (χ2n) is 13.9. The van der Waals surface area contributed by atoms with Gasteiger partial charge in [-0.1, -0.05) is 49.0 Å². The molecule has 3 heterocycles. The summed E-state index contributed by atoms with van der Waals surface area (Å²) in [7, 11) is 0. The number of rotatable bonds is 10. The predicted octanol–water partition coefficient (Wildman–Crippen LogP) is 9.20. The van der Waals surface area contributed by atoms with Gasteiger partial charge in [-0.05, 0) is 78.7 Å². The van der Waals surface area contributed by atoms with Crippen molar-refractivity contribution in [2.24, 2.45) is 22.7 Å². The lowest BCUT2D eigenvalue weighted by atomic mass is 9.76. The van der Waals surface area contributed by atoms with E-state index < -0.39 is 17.6 Å². The van der Waals surface area contributed by atoms with Gasteiger partial charge in [0.1, 0.15) is 5.82 Å². The van der Waals surface area contributed by atoms with Crippen LogP contribution in [0.5, 0.6) is 0 Å². The molecule has 0 radical (unpaired) electrons. The Morgan fingerprint density at radius 2 is 1.43 bits per heavy atom. The van der Waals surface area contributed by atoms with Gasteiger partial charge in [0.05, 0.1) is 35.9 Å². The molecule has 2 N–H and O–H groups in total. The number of benzene rings is 1. The number of halogens is 4. The highest BCUT2D eigenvalue weighted by Gasteiger charge is 2.30. The lowest BCUT2D eigenvalue weighted by molar-refractivity contribution is -0.145. The van der Waals surface area contributed by atoms with Crippen LogP contribution in [0.2, 0.25) is 5.28 Å². The van der Waals surface area contributed by atoms with Crippen LogP contribution in [0.3, 0.4) is 0 Å². The molecule has 0 saturated carbocycles. The van der Waals surface area contributed by atoms with Crippen LogP contribution in [0.25, 0.3) is 22.3 Å². The molecule has 51 heavy (non-hydrogen) atoms. The molecule has 1 aromatic carbocycles. The largest absolute Gasteiger partial charge is 0.481 e. The number of hydrogen-bond acceptors (Lipinski definition) is 7. The maximum Gasteiger partial charge on any atom is 0.306 e. The number of nitrogens with zero attached hydrogens (tertiary/aromatic N) is 4. The van der Waals surface area contributed by atoms with Crippen LogP contribution in [0.15, 0.2) is 30.7 Å². The Hall–Kier alpha value is -4.50. The van der Waals surface area contributed by atoms with E-state index in [2.05, 4.69) is 37.8 Å². The fourth-order valence-corrected chi connectivity index (χ4v) is 5.32. The van der Waals surface area contributed by atoms with E-state index in [-0.39, 0.29) is 83.6 Å². The minimum absolute atomic E-state index is 0. The molecule has 2 atom stereocenters. The maximum absolute atomic E-state index is 14.4. The van der Waals surface area contributed by atoms with Crippen LogP contribution in [0.4, 0.5) is 13.2 Å². The van der Waals surface area contributed by atoms with Gasteiger partial charge >= 0.3 is 11.9 Å². The number of esters is 1. The van der Waals surface area contributed by atoms with E-state index in [1.165, 1.54) is 6.07 Å². The van der Waals surface area contributed by atoms with Crippen molar-refractivity contribution >= 4 is 34.4 Å². The highest BCUT2D eigenvalue weighted by molar-refractivity contribution is 6.28. The van der Waals surface area contributed by atoms with Gasteiger partial charge in [0, 0.05) is 30.0 Å². The molecular weight excluding hydrogens is 683 g/mol. The summed E-state index contributed by atoms with van der Waals surface area (Å²) < 4.78 is 47.2. The quantitative estimate of drug-likeness (QED) is 0.0938. The van der Waals surface area contributed by atoms with Crippen molar-refractivity contribution in [3.8, 4) is 24.2 Å². The molecule has 0 saturated heterocycles. The van der Waals surface area contributed by atoms with Crippen molar-refractivity contribution in [1.82, 2.24) is 24.9 Å². The molecule has 0 aliphatic carbocycles. The summed E-state index contributed by atoms with van der Waals surface area (Å²) in [5, 5.41) is 9.83. The van der Waals surface area contributed by atoms with Crippen molar-refractivity contribution in [3.63, 3.8) is 0 Å². The number of fused-ring (bicyclic) bond motifs is 1. The fraction of sp³-hybridized carbons (Fsp3) is 0.474. The first-order chi connectivity index (χ1) is 23.3. The first kappa shape index (κ1) is 44.5. The van der Waals surface area contributed by atoms with Gasteiger partial charge in [-0.25, -0.2) is 33.1 Å². The third-order valence-corrected chi connectivity index (χ3v) is 8.38. The third kappa shape index (κ3) is 13.0. The Balaban J connectivity index is 0.000000502. The molecule has 4 rings (SSSR count). The Bertz CT molecular complexity index is 1800. The number of aryl methyl sites for hydroxylation is 1. The number of aromatic amines is 1. The van der Waals surface area contributed by atoms with E-state index in [1.807, 2.05) is 47.6 Å². The molecular formula is C38H49ClF3N5O4. The van der Waals surface area contributed by atoms with Crippen LogP contribution < -0.4 is 0 Å². The number of terminal acetylenes is 1. The molecule has 0 amide bonds. The molecule has 278 valence electrons. The van der Waals surface area contributed by atoms with E-state index >= 15 is 0 Å². The molecule has 3 aromatic heterocycles. The highest BCUT2D eigenvalue weighted by Crippen LogP contribution is 2.34. The Labute approximate surface area is 303 Å². The number of ether oxygens (including phenoxy) is 1. The lowest BCUT2D eigenvalue weighted by Gasteiger charge is -2.29. The number of carboxylic acids is 1. The van der Waals surface area contributed by atoms with Crippen molar-refractivity contribution in [1.29, 1.82) is 0 Å². The van der Waals surface area contributed by atoms with E-state index in [1.54, 1.807) is 20.0 Å². The highest BCUT2D eigenvalue weighted by atomic mass is 35.5. The Morgan fingerprint density at radius 3 is 1.96 bits per heavy atom. The summed E-state index contributed by atoms with van der Waals surface area (Å²) in [5.41, 5.74) is 1.54. The SMILES string of the molecule is C.C#C.CCOC(=O)CC(Cc1nc(Cl)ncc1F)C(C)(C)C.Cc1cc(F)c2[nH]cc(-c3ncc(F)c(CC(CC(=O)O)C(C)(C)C)n3)c2c1. The fourth-order valence-electron chi connectivity index (χ4n) is 5.17. The van der Waals surface area contributed by atoms with E-state index in [4.69, 9.17) is 16.3 Å². The number of aromatic nitrogens is 5. The van der Waals surface area contributed by atoms with Gasteiger partial charge in [0.15, 0.2) is 17.5 Å². The average Bonchev–Trinajstić information content (AvgIpc) is 3.44. The van der Waals surface area contributed by atoms with Crippen LogP contribution in [-0.2, 0) is 27.2 Å². The van der Waals surface area contributed by atoms with Gasteiger partial charge in [0.25, 0.3) is 0 Å². The van der Waals surface area contributed by atoms with Crippen molar-refractivity contribution < 1.29 is 32.6 Å². The third-order valence-electron chi connectivity index (χ3n) is 8.20. The molecule has 9 nitrogen and oxygen atoms in total. The maximum atomic E-state index is 14.4. The zero-order valence-corrected chi connectivity index (χ0v) is 30.5. The lowest BCUT2D eigenvalue weighted by Crippen LogP contribution is -2.27. The van der Waals surface area contributed by atoms with Crippen LogP contribution in [0, 0.1) is 59.9 Å². The molecule has 0 aliphatic heterocycles. The summed E-state index contributed by atoms with van der Waals surface area (Å²) in [4.78, 5) is 41.7. The molecule has 0 bridgehead atoms. The normalized spacial score (nSPS) is 12.4. The number of carboxylic acid groups (broad SMARTS) is 1.